The molecule has 0 spiro atoms. The van der Waals surface area contributed by atoms with Crippen molar-refractivity contribution in [2.75, 3.05) is 13.2 Å². The molecule has 24 heavy (non-hydrogen) atoms. The number of carbonyl (C=O) groups is 1. The van der Waals surface area contributed by atoms with Crippen LogP contribution in [0.15, 0.2) is 48.2 Å². The Labute approximate surface area is 147 Å². The van der Waals surface area contributed by atoms with Crippen LogP contribution in [0, 0.1) is 0 Å². The fourth-order valence-corrected chi connectivity index (χ4v) is 2.67. The largest absolute Gasteiger partial charge is 0.494 e. The molecule has 128 valence electrons. The summed E-state index contributed by atoms with van der Waals surface area (Å²) in [6, 6.07) is 7.26. The van der Waals surface area contributed by atoms with Crippen LogP contribution in [-0.4, -0.2) is 24.3 Å². The fraction of sp³-hybridized carbons (Fsp3) is 0.333. The van der Waals surface area contributed by atoms with Crippen LogP contribution in [0.5, 0.6) is 5.75 Å². The maximum Gasteiger partial charge on any atom is 0.338 e. The Morgan fingerprint density at radius 3 is 2.71 bits per heavy atom. The van der Waals surface area contributed by atoms with E-state index in [4.69, 9.17) is 21.7 Å². The lowest BCUT2D eigenvalue weighted by atomic mass is 9.95. The third-order valence-corrected chi connectivity index (χ3v) is 3.73. The van der Waals surface area contributed by atoms with E-state index in [-0.39, 0.29) is 12.6 Å². The van der Waals surface area contributed by atoms with E-state index in [1.165, 1.54) is 6.08 Å². The topological polar surface area (TPSA) is 59.6 Å². The lowest BCUT2D eigenvalue weighted by Crippen LogP contribution is -2.45. The molecule has 1 atom stereocenters. The van der Waals surface area contributed by atoms with Crippen LogP contribution < -0.4 is 15.4 Å². The molecule has 0 aromatic heterocycles. The van der Waals surface area contributed by atoms with E-state index >= 15 is 0 Å². The van der Waals surface area contributed by atoms with Gasteiger partial charge >= 0.3 is 5.97 Å². The van der Waals surface area contributed by atoms with E-state index in [1.54, 1.807) is 0 Å². The highest BCUT2D eigenvalue weighted by atomic mass is 32.1. The van der Waals surface area contributed by atoms with Gasteiger partial charge in [-0.3, -0.25) is 0 Å². The highest BCUT2D eigenvalue weighted by Gasteiger charge is 2.30. The molecule has 1 heterocycles. The van der Waals surface area contributed by atoms with Crippen molar-refractivity contribution in [2.45, 2.75) is 26.3 Å². The molecule has 1 aromatic carbocycles. The molecule has 2 N–H and O–H groups in total. The number of benzene rings is 1. The number of nitrogens with one attached hydrogen (secondary N) is 2. The highest BCUT2D eigenvalue weighted by molar-refractivity contribution is 7.80. The maximum atomic E-state index is 12.4. The van der Waals surface area contributed by atoms with E-state index in [9.17, 15) is 4.79 Å². The summed E-state index contributed by atoms with van der Waals surface area (Å²) < 4.78 is 10.8. The summed E-state index contributed by atoms with van der Waals surface area (Å²) in [5, 5.41) is 6.58. The first-order valence-electron chi connectivity index (χ1n) is 7.85. The molecule has 6 heteroatoms. The molecule has 0 saturated heterocycles. The lowest BCUT2D eigenvalue weighted by Gasteiger charge is -2.29. The zero-order valence-electron chi connectivity index (χ0n) is 13.9. The first-order chi connectivity index (χ1) is 11.6. The van der Waals surface area contributed by atoms with Crippen LogP contribution in [0.2, 0.25) is 0 Å². The van der Waals surface area contributed by atoms with Crippen LogP contribution in [0.4, 0.5) is 0 Å². The van der Waals surface area contributed by atoms with Crippen molar-refractivity contribution >= 4 is 23.3 Å². The average Bonchev–Trinajstić information content (AvgIpc) is 2.57. The quantitative estimate of drug-likeness (QED) is 0.450. The molecule has 5 nitrogen and oxygen atoms in total. The summed E-state index contributed by atoms with van der Waals surface area (Å²) in [5.74, 6) is 0.403. The van der Waals surface area contributed by atoms with Gasteiger partial charge in [0.05, 0.1) is 18.2 Å². The summed E-state index contributed by atoms with van der Waals surface area (Å²) in [4.78, 5) is 12.4. The van der Waals surface area contributed by atoms with Crippen LogP contribution >= 0.6 is 12.2 Å². The lowest BCUT2D eigenvalue weighted by molar-refractivity contribution is -0.138. The zero-order chi connectivity index (χ0) is 17.5. The third-order valence-electron chi connectivity index (χ3n) is 3.51. The fourth-order valence-electron chi connectivity index (χ4n) is 2.40. The maximum absolute atomic E-state index is 12.4. The molecule has 0 radical (unpaired) electrons. The number of esters is 1. The minimum atomic E-state index is -0.397. The normalized spacial score (nSPS) is 16.9. The summed E-state index contributed by atoms with van der Waals surface area (Å²) in [7, 11) is 0. The molecular formula is C18H22N2O3S. The van der Waals surface area contributed by atoms with Gasteiger partial charge in [0, 0.05) is 5.70 Å². The molecule has 1 aliphatic rings. The van der Waals surface area contributed by atoms with E-state index in [0.717, 1.165) is 17.7 Å². The summed E-state index contributed by atoms with van der Waals surface area (Å²) >= 11 is 5.22. The predicted octanol–water partition coefficient (Wildman–Crippen LogP) is 3.00. The Hall–Kier alpha value is -2.34. The number of hydrogen-bond donors (Lipinski definition) is 2. The van der Waals surface area contributed by atoms with Crippen LogP contribution in [0.25, 0.3) is 0 Å². The monoisotopic (exact) mass is 346 g/mol. The molecule has 0 fully saturated rings. The van der Waals surface area contributed by atoms with Gasteiger partial charge in [-0.05, 0) is 43.3 Å². The van der Waals surface area contributed by atoms with Crippen molar-refractivity contribution in [3.63, 3.8) is 0 Å². The van der Waals surface area contributed by atoms with E-state index in [0.29, 0.717) is 23.0 Å². The Kier molecular flexibility index (Phi) is 6.37. The standard InChI is InChI=1S/C18H22N2O3S/c1-4-10-22-14-8-6-13(7-9-14)16-15(17(21)23-11-5-2)12(3)19-18(24)20-16/h5-9,16H,2,4,10-11H2,1,3H3,(H2,19,20,24)/t16-/m1/s1. The predicted molar refractivity (Wildman–Crippen MR) is 97.7 cm³/mol. The minimum absolute atomic E-state index is 0.163. The smallest absolute Gasteiger partial charge is 0.338 e. The van der Waals surface area contributed by atoms with Gasteiger partial charge in [-0.2, -0.15) is 0 Å². The molecule has 0 unspecified atom stereocenters. The van der Waals surface area contributed by atoms with E-state index in [2.05, 4.69) is 24.1 Å². The van der Waals surface area contributed by atoms with Crippen LogP contribution in [-0.2, 0) is 9.53 Å². The molecule has 0 bridgehead atoms. The molecule has 0 saturated carbocycles. The van der Waals surface area contributed by atoms with Gasteiger partial charge in [0.2, 0.25) is 0 Å². The minimum Gasteiger partial charge on any atom is -0.494 e. The zero-order valence-corrected chi connectivity index (χ0v) is 14.7. The number of allylic oxidation sites excluding steroid dienone is 1. The number of hydrogen-bond acceptors (Lipinski definition) is 4. The average molecular weight is 346 g/mol. The van der Waals surface area contributed by atoms with Crippen LogP contribution in [0.3, 0.4) is 0 Å². The highest BCUT2D eigenvalue weighted by Crippen LogP contribution is 2.28. The Balaban J connectivity index is 2.27. The van der Waals surface area contributed by atoms with Crippen molar-refractivity contribution in [3.8, 4) is 5.75 Å². The van der Waals surface area contributed by atoms with Crippen molar-refractivity contribution in [2.24, 2.45) is 0 Å². The second kappa shape index (κ2) is 8.49. The Morgan fingerprint density at radius 2 is 2.08 bits per heavy atom. The van der Waals surface area contributed by atoms with E-state index in [1.807, 2.05) is 31.2 Å². The summed E-state index contributed by atoms with van der Waals surface area (Å²) in [5.41, 5.74) is 2.10. The molecule has 1 aliphatic heterocycles. The van der Waals surface area contributed by atoms with E-state index < -0.39 is 5.97 Å². The number of thiocarbonyl (C=S) groups is 1. The third kappa shape index (κ3) is 4.35. The van der Waals surface area contributed by atoms with Crippen molar-refractivity contribution in [3.05, 3.63) is 53.8 Å². The second-order valence-corrected chi connectivity index (χ2v) is 5.78. The van der Waals surface area contributed by atoms with Gasteiger partial charge in [0.15, 0.2) is 5.11 Å². The molecule has 1 aromatic rings. The van der Waals surface area contributed by atoms with Gasteiger partial charge in [-0.25, -0.2) is 4.79 Å². The number of carbonyl (C=O) groups excluding carboxylic acids is 1. The summed E-state index contributed by atoms with van der Waals surface area (Å²) in [6.45, 7) is 8.27. The van der Waals surface area contributed by atoms with Crippen molar-refractivity contribution in [1.82, 2.24) is 10.6 Å². The van der Waals surface area contributed by atoms with Gasteiger partial charge < -0.3 is 20.1 Å². The first-order valence-corrected chi connectivity index (χ1v) is 8.26. The Morgan fingerprint density at radius 1 is 1.38 bits per heavy atom. The van der Waals surface area contributed by atoms with Crippen molar-refractivity contribution in [1.29, 1.82) is 0 Å². The molecule has 0 aliphatic carbocycles. The molecule has 2 rings (SSSR count). The van der Waals surface area contributed by atoms with Gasteiger partial charge in [-0.1, -0.05) is 31.7 Å². The first kappa shape index (κ1) is 18.0. The van der Waals surface area contributed by atoms with Gasteiger partial charge in [0.25, 0.3) is 0 Å². The number of ether oxygens (including phenoxy) is 2. The molecule has 0 amide bonds. The van der Waals surface area contributed by atoms with Crippen molar-refractivity contribution < 1.29 is 14.3 Å². The molecular weight excluding hydrogens is 324 g/mol. The van der Waals surface area contributed by atoms with Crippen LogP contribution in [0.1, 0.15) is 31.9 Å². The van der Waals surface area contributed by atoms with Gasteiger partial charge in [-0.15, -0.1) is 0 Å². The van der Waals surface area contributed by atoms with Gasteiger partial charge in [0.1, 0.15) is 12.4 Å². The number of rotatable bonds is 7. The SMILES string of the molecule is C=CCOC(=O)C1=C(C)NC(=S)N[C@@H]1c1ccc(OCCC)cc1. The Bertz CT molecular complexity index is 653. The summed E-state index contributed by atoms with van der Waals surface area (Å²) in [6.07, 6.45) is 2.49. The second-order valence-electron chi connectivity index (χ2n) is 5.37.